The van der Waals surface area contributed by atoms with E-state index in [2.05, 4.69) is 16.0 Å². The number of β-lactam (4-membered cyclic amide) rings is 1. The second-order valence-corrected chi connectivity index (χ2v) is 12.2. The molecule has 0 aliphatic carbocycles. The number of rotatable bonds is 20. The van der Waals surface area contributed by atoms with Gasteiger partial charge in [-0.2, -0.15) is 0 Å². The molecule has 2 fully saturated rings. The van der Waals surface area contributed by atoms with Crippen LogP contribution in [0.5, 0.6) is 0 Å². The number of nitrogens with zero attached hydrogens (tertiary/aromatic N) is 3. The van der Waals surface area contributed by atoms with Crippen LogP contribution in [-0.4, -0.2) is 107 Å². The second kappa shape index (κ2) is 21.6. The zero-order valence-corrected chi connectivity index (χ0v) is 32.7. The molecule has 2 aliphatic rings. The predicted octanol–water partition coefficient (Wildman–Crippen LogP) is -2.35. The molecule has 1 atom stereocenters. The first kappa shape index (κ1) is 40.9. The average Bonchev–Trinajstić information content (AvgIpc) is 3.27. The maximum atomic E-state index is 12.6. The first-order valence-corrected chi connectivity index (χ1v) is 16.3. The Morgan fingerprint density at radius 3 is 2.30 bits per heavy atom. The summed E-state index contributed by atoms with van der Waals surface area (Å²) in [5.41, 5.74) is 1.52. The van der Waals surface area contributed by atoms with Crippen LogP contribution in [0.2, 0.25) is 0 Å². The molecule has 0 spiro atoms. The molecule has 2 saturated heterocycles. The number of ether oxygens (including phenoxy) is 1. The molecule has 1 unspecified atom stereocenters. The summed E-state index contributed by atoms with van der Waals surface area (Å²) < 4.78 is 5.25. The molecule has 14 nitrogen and oxygen atoms in total. The van der Waals surface area contributed by atoms with E-state index in [9.17, 15) is 38.4 Å². The fourth-order valence-electron chi connectivity index (χ4n) is 4.54. The van der Waals surface area contributed by atoms with E-state index in [0.717, 1.165) is 47.1 Å². The van der Waals surface area contributed by atoms with E-state index in [4.69, 9.17) is 4.74 Å². The Hall–Kier alpha value is -2.30. The number of imide groups is 2. The molecule has 0 bridgehead atoms. The number of ketones is 1. The van der Waals surface area contributed by atoms with Gasteiger partial charge >= 0.3 is 58.2 Å². The van der Waals surface area contributed by atoms with Crippen LogP contribution in [0.15, 0.2) is 24.3 Å². The van der Waals surface area contributed by atoms with Crippen molar-refractivity contribution in [1.29, 1.82) is 0 Å². The number of hydrogen-bond acceptors (Lipinski definition) is 10. The van der Waals surface area contributed by atoms with Gasteiger partial charge in [0.15, 0.2) is 0 Å². The van der Waals surface area contributed by atoms with Gasteiger partial charge in [0, 0.05) is 38.9 Å². The summed E-state index contributed by atoms with van der Waals surface area (Å²) in [5, 5.41) is 8.50. The van der Waals surface area contributed by atoms with Crippen LogP contribution in [0, 0.1) is 0 Å². The summed E-state index contributed by atoms with van der Waals surface area (Å²) in [4.78, 5) is 97.8. The number of likely N-dealkylation sites (tertiary alicyclic amines) is 2. The summed E-state index contributed by atoms with van der Waals surface area (Å²) in [6.07, 6.45) is 3.32. The van der Waals surface area contributed by atoms with Crippen molar-refractivity contribution in [3.63, 3.8) is 0 Å². The SMILES string of the molecule is CC(=O)CCCCCNC(=O)CSC1CC(=O)N(CC(=O)NCCOCC(=O)[N-]Cc2ccc(CC(=O)N3CCC3=O)cc2)C1=O.[Rb+]. The first-order valence-electron chi connectivity index (χ1n) is 15.2. The second-order valence-electron chi connectivity index (χ2n) is 11.0. The number of thioether (sulfide) groups is 1. The van der Waals surface area contributed by atoms with Gasteiger partial charge in [0.25, 0.3) is 0 Å². The van der Waals surface area contributed by atoms with Gasteiger partial charge in [-0.25, -0.2) is 0 Å². The fraction of sp³-hybridized carbons (Fsp3) is 0.548. The number of carbonyl (C=O) groups is 8. The molecule has 2 heterocycles. The van der Waals surface area contributed by atoms with Crippen molar-refractivity contribution in [2.75, 3.05) is 45.1 Å². The standard InChI is InChI=1S/C31H41N5O9S.Rb/c1-21(37)5-3-2-4-11-32-27(40)20-46-24-16-30(43)36(31(24)44)18-25(38)33-12-14-45-19-26(39)34-17-23-8-6-22(7-9-23)15-29(42)35-13-10-28(35)41;/h6-9,24H,2-5,10-20H2,1H3,(H3,32,33,34,38,39,40);/q;+1/p-1. The van der Waals surface area contributed by atoms with Crippen molar-refractivity contribution in [3.8, 4) is 0 Å². The average molecular weight is 744 g/mol. The van der Waals surface area contributed by atoms with Crippen molar-refractivity contribution in [2.24, 2.45) is 0 Å². The van der Waals surface area contributed by atoms with Crippen LogP contribution < -0.4 is 68.8 Å². The third kappa shape index (κ3) is 14.8. The molecular formula is C31H40N5O9RbS. The van der Waals surface area contributed by atoms with E-state index in [1.165, 1.54) is 4.90 Å². The van der Waals surface area contributed by atoms with Crippen LogP contribution >= 0.6 is 11.8 Å². The van der Waals surface area contributed by atoms with Crippen molar-refractivity contribution < 1.29 is 101 Å². The van der Waals surface area contributed by atoms with E-state index < -0.39 is 35.4 Å². The number of nitrogens with one attached hydrogen (secondary N) is 2. The molecular weight excluding hydrogens is 704 g/mol. The maximum absolute atomic E-state index is 12.6. The van der Waals surface area contributed by atoms with E-state index in [1.807, 2.05) is 0 Å². The van der Waals surface area contributed by atoms with Crippen LogP contribution in [0.3, 0.4) is 0 Å². The predicted molar refractivity (Wildman–Crippen MR) is 167 cm³/mol. The molecule has 2 aliphatic heterocycles. The molecule has 1 aromatic carbocycles. The number of hydrogen-bond donors (Lipinski definition) is 2. The Bertz CT molecular complexity index is 1310. The van der Waals surface area contributed by atoms with Crippen LogP contribution in [-0.2, 0) is 56.1 Å². The molecule has 0 saturated carbocycles. The van der Waals surface area contributed by atoms with Gasteiger partial charge in [-0.05, 0) is 25.3 Å². The molecule has 47 heavy (non-hydrogen) atoms. The minimum Gasteiger partial charge on any atom is -0.648 e. The molecule has 1 aromatic rings. The number of Topliss-reactive ketones (excluding diaryl/α,β-unsaturated/α-hetero) is 1. The quantitative estimate of drug-likeness (QED) is 0.0831. The van der Waals surface area contributed by atoms with E-state index >= 15 is 0 Å². The molecule has 250 valence electrons. The Labute approximate surface area is 327 Å². The zero-order valence-electron chi connectivity index (χ0n) is 26.9. The Kier molecular flexibility index (Phi) is 18.8. The van der Waals surface area contributed by atoms with Crippen LogP contribution in [0.25, 0.3) is 5.32 Å². The van der Waals surface area contributed by atoms with Crippen LogP contribution in [0.1, 0.15) is 56.6 Å². The summed E-state index contributed by atoms with van der Waals surface area (Å²) in [7, 11) is 0. The van der Waals surface area contributed by atoms with Gasteiger partial charge < -0.3 is 30.3 Å². The van der Waals surface area contributed by atoms with Gasteiger partial charge in [-0.15, -0.1) is 18.3 Å². The summed E-state index contributed by atoms with van der Waals surface area (Å²) in [6, 6.07) is 7.01. The summed E-state index contributed by atoms with van der Waals surface area (Å²) in [6.45, 7) is 1.94. The van der Waals surface area contributed by atoms with E-state index in [1.54, 1.807) is 31.2 Å². The zero-order chi connectivity index (χ0) is 33.5. The number of carbonyl (C=O) groups excluding carboxylic acids is 8. The van der Waals surface area contributed by atoms with E-state index in [-0.39, 0.29) is 127 Å². The molecule has 0 radical (unpaired) electrons. The Balaban J connectivity index is 0.00000768. The Morgan fingerprint density at radius 1 is 0.936 bits per heavy atom. The largest absolute Gasteiger partial charge is 1.00 e. The fourth-order valence-corrected chi connectivity index (χ4v) is 5.52. The van der Waals surface area contributed by atoms with Crippen molar-refractivity contribution >= 4 is 58.9 Å². The maximum Gasteiger partial charge on any atom is 1.00 e. The summed E-state index contributed by atoms with van der Waals surface area (Å²) >= 11 is 1.06. The van der Waals surface area contributed by atoms with Crippen molar-refractivity contribution in [3.05, 3.63) is 40.7 Å². The van der Waals surface area contributed by atoms with Gasteiger partial charge in [0.1, 0.15) is 12.3 Å². The number of benzene rings is 1. The molecule has 16 heteroatoms. The monoisotopic (exact) mass is 743 g/mol. The molecule has 0 aromatic heterocycles. The normalized spacial score (nSPS) is 15.5. The molecule has 2 N–H and O–H groups in total. The number of unbranched alkanes of at least 4 members (excludes halogenated alkanes) is 2. The third-order valence-electron chi connectivity index (χ3n) is 7.21. The molecule has 3 rings (SSSR count). The smallest absolute Gasteiger partial charge is 0.648 e. The topological polar surface area (TPSA) is 190 Å². The minimum absolute atomic E-state index is 0. The van der Waals surface area contributed by atoms with E-state index in [0.29, 0.717) is 25.9 Å². The third-order valence-corrected chi connectivity index (χ3v) is 8.41. The van der Waals surface area contributed by atoms with Gasteiger partial charge in [-0.3, -0.25) is 38.6 Å². The van der Waals surface area contributed by atoms with Crippen LogP contribution in [0.4, 0.5) is 0 Å². The van der Waals surface area contributed by atoms with Gasteiger partial charge in [0.05, 0.1) is 36.5 Å². The van der Waals surface area contributed by atoms with Gasteiger partial charge in [-0.1, -0.05) is 36.2 Å². The molecule has 7 amide bonds. The van der Waals surface area contributed by atoms with Crippen molar-refractivity contribution in [2.45, 2.75) is 63.7 Å². The summed E-state index contributed by atoms with van der Waals surface area (Å²) in [5.74, 6) is -2.54. The first-order chi connectivity index (χ1) is 22.0. The number of amides is 7. The van der Waals surface area contributed by atoms with Crippen molar-refractivity contribution in [1.82, 2.24) is 20.4 Å². The minimum atomic E-state index is -0.732. The van der Waals surface area contributed by atoms with Gasteiger partial charge in [0.2, 0.25) is 35.4 Å². The Morgan fingerprint density at radius 2 is 1.64 bits per heavy atom.